The molecule has 114 valence electrons. The third kappa shape index (κ3) is 3.48. The minimum Gasteiger partial charge on any atom is -0.435 e. The number of benzene rings is 1. The van der Waals surface area contributed by atoms with E-state index in [-0.39, 0.29) is 30.0 Å². The monoisotopic (exact) mass is 298 g/mol. The molecule has 1 unspecified atom stereocenters. The van der Waals surface area contributed by atoms with Crippen molar-refractivity contribution in [1.82, 2.24) is 4.90 Å². The molecule has 0 aromatic heterocycles. The van der Waals surface area contributed by atoms with E-state index < -0.39 is 12.7 Å². The average molecular weight is 298 g/mol. The van der Waals surface area contributed by atoms with Gasteiger partial charge in [-0.25, -0.2) is 0 Å². The summed E-state index contributed by atoms with van der Waals surface area (Å²) in [5.41, 5.74) is 0.563. The number of nitrogens with one attached hydrogen (secondary N) is 1. The van der Waals surface area contributed by atoms with Crippen LogP contribution in [0.1, 0.15) is 20.3 Å². The maximum atomic E-state index is 12.1. The standard InChI is InChI=1S/C14H16F2N2O3/c1-8(2)18-12(19)7-11(13(18)20)17-9-3-5-10(6-4-9)21-14(15)16/h3-6,8,11,14,17H,7H2,1-2H3. The lowest BCUT2D eigenvalue weighted by Crippen LogP contribution is -2.39. The number of rotatable bonds is 5. The van der Waals surface area contributed by atoms with Crippen molar-refractivity contribution in [3.05, 3.63) is 24.3 Å². The van der Waals surface area contributed by atoms with Crippen LogP contribution >= 0.6 is 0 Å². The SMILES string of the molecule is CC(C)N1C(=O)CC(Nc2ccc(OC(F)F)cc2)C1=O. The first-order valence-corrected chi connectivity index (χ1v) is 6.56. The van der Waals surface area contributed by atoms with Gasteiger partial charge in [0.25, 0.3) is 5.91 Å². The van der Waals surface area contributed by atoms with Gasteiger partial charge in [0.15, 0.2) is 0 Å². The van der Waals surface area contributed by atoms with Crippen LogP contribution in [0.3, 0.4) is 0 Å². The molecule has 21 heavy (non-hydrogen) atoms. The lowest BCUT2D eigenvalue weighted by Gasteiger charge is -2.19. The van der Waals surface area contributed by atoms with E-state index in [1.165, 1.54) is 29.2 Å². The normalized spacial score (nSPS) is 18.8. The van der Waals surface area contributed by atoms with Gasteiger partial charge in [0, 0.05) is 11.7 Å². The van der Waals surface area contributed by atoms with E-state index in [4.69, 9.17) is 0 Å². The third-order valence-corrected chi connectivity index (χ3v) is 3.12. The first kappa shape index (κ1) is 15.2. The number of hydrogen-bond acceptors (Lipinski definition) is 4. The maximum absolute atomic E-state index is 12.1. The highest BCUT2D eigenvalue weighted by molar-refractivity contribution is 6.07. The van der Waals surface area contributed by atoms with Gasteiger partial charge < -0.3 is 10.1 Å². The predicted octanol–water partition coefficient (Wildman–Crippen LogP) is 2.24. The fraction of sp³-hybridized carbons (Fsp3) is 0.429. The Balaban J connectivity index is 2.02. The zero-order chi connectivity index (χ0) is 15.6. The summed E-state index contributed by atoms with van der Waals surface area (Å²) in [4.78, 5) is 25.1. The Morgan fingerprint density at radius 2 is 1.86 bits per heavy atom. The number of hydrogen-bond donors (Lipinski definition) is 1. The number of carbonyl (C=O) groups excluding carboxylic acids is 2. The topological polar surface area (TPSA) is 58.6 Å². The molecule has 0 bridgehead atoms. The highest BCUT2D eigenvalue weighted by atomic mass is 19.3. The van der Waals surface area contributed by atoms with Crippen molar-refractivity contribution in [2.24, 2.45) is 0 Å². The van der Waals surface area contributed by atoms with Crippen LogP contribution in [0.5, 0.6) is 5.75 Å². The number of nitrogens with zero attached hydrogens (tertiary/aromatic N) is 1. The Labute approximate surface area is 120 Å². The van der Waals surface area contributed by atoms with E-state index in [2.05, 4.69) is 10.1 Å². The smallest absolute Gasteiger partial charge is 0.387 e. The number of likely N-dealkylation sites (tertiary alicyclic amines) is 1. The molecule has 1 atom stereocenters. The van der Waals surface area contributed by atoms with Crippen LogP contribution in [0.15, 0.2) is 24.3 Å². The fourth-order valence-electron chi connectivity index (χ4n) is 2.24. The molecule has 0 radical (unpaired) electrons. The largest absolute Gasteiger partial charge is 0.435 e. The highest BCUT2D eigenvalue weighted by Gasteiger charge is 2.39. The van der Waals surface area contributed by atoms with Crippen LogP contribution in [-0.2, 0) is 9.59 Å². The maximum Gasteiger partial charge on any atom is 0.387 e. The van der Waals surface area contributed by atoms with Crippen LogP contribution in [0.2, 0.25) is 0 Å². The molecule has 1 N–H and O–H groups in total. The summed E-state index contributed by atoms with van der Waals surface area (Å²) in [5.74, 6) is -0.457. The third-order valence-electron chi connectivity index (χ3n) is 3.12. The van der Waals surface area contributed by atoms with Crippen molar-refractivity contribution >= 4 is 17.5 Å². The Morgan fingerprint density at radius 1 is 1.24 bits per heavy atom. The van der Waals surface area contributed by atoms with Gasteiger partial charge in [0.05, 0.1) is 6.42 Å². The molecule has 1 aliphatic heterocycles. The lowest BCUT2D eigenvalue weighted by atomic mass is 10.2. The molecule has 1 heterocycles. The molecular weight excluding hydrogens is 282 g/mol. The average Bonchev–Trinajstić information content (AvgIpc) is 2.66. The quantitative estimate of drug-likeness (QED) is 0.847. The zero-order valence-electron chi connectivity index (χ0n) is 11.7. The molecule has 7 heteroatoms. The van der Waals surface area contributed by atoms with Crippen molar-refractivity contribution in [2.45, 2.75) is 39.0 Å². The van der Waals surface area contributed by atoms with Crippen LogP contribution in [0.4, 0.5) is 14.5 Å². The Hall–Kier alpha value is -2.18. The zero-order valence-corrected chi connectivity index (χ0v) is 11.7. The number of ether oxygens (including phenoxy) is 1. The molecule has 1 fully saturated rings. The molecule has 1 aliphatic rings. The highest BCUT2D eigenvalue weighted by Crippen LogP contribution is 2.22. The van der Waals surface area contributed by atoms with Crippen molar-refractivity contribution in [1.29, 1.82) is 0 Å². The predicted molar refractivity (Wildman–Crippen MR) is 72.1 cm³/mol. The van der Waals surface area contributed by atoms with E-state index >= 15 is 0 Å². The van der Waals surface area contributed by atoms with Gasteiger partial charge in [-0.05, 0) is 38.1 Å². The second-order valence-corrected chi connectivity index (χ2v) is 5.00. The van der Waals surface area contributed by atoms with Gasteiger partial charge in [-0.1, -0.05) is 0 Å². The molecule has 1 aromatic carbocycles. The molecule has 1 saturated heterocycles. The van der Waals surface area contributed by atoms with Crippen molar-refractivity contribution in [3.63, 3.8) is 0 Å². The van der Waals surface area contributed by atoms with E-state index in [0.717, 1.165) is 0 Å². The first-order chi connectivity index (χ1) is 9.88. The minimum atomic E-state index is -2.88. The van der Waals surface area contributed by atoms with E-state index in [1.54, 1.807) is 13.8 Å². The second kappa shape index (κ2) is 6.07. The summed E-state index contributed by atoms with van der Waals surface area (Å²) >= 11 is 0. The van der Waals surface area contributed by atoms with Gasteiger partial charge in [0.2, 0.25) is 5.91 Å². The van der Waals surface area contributed by atoms with Crippen molar-refractivity contribution < 1.29 is 23.1 Å². The molecule has 0 saturated carbocycles. The van der Waals surface area contributed by atoms with E-state index in [0.29, 0.717) is 5.69 Å². The molecular formula is C14H16F2N2O3. The molecule has 2 amide bonds. The number of imide groups is 1. The minimum absolute atomic E-state index is 0.0354. The number of anilines is 1. The van der Waals surface area contributed by atoms with Gasteiger partial charge in [-0.15, -0.1) is 0 Å². The first-order valence-electron chi connectivity index (χ1n) is 6.56. The number of carbonyl (C=O) groups is 2. The summed E-state index contributed by atoms with van der Waals surface area (Å²) in [7, 11) is 0. The number of halogens is 2. The van der Waals surface area contributed by atoms with Crippen LogP contribution in [0, 0.1) is 0 Å². The summed E-state index contributed by atoms with van der Waals surface area (Å²) in [5, 5.41) is 2.93. The van der Waals surface area contributed by atoms with Gasteiger partial charge in [0.1, 0.15) is 11.8 Å². The number of amides is 2. The van der Waals surface area contributed by atoms with E-state index in [1.807, 2.05) is 0 Å². The Bertz CT molecular complexity index is 532. The van der Waals surface area contributed by atoms with Gasteiger partial charge in [-0.2, -0.15) is 8.78 Å². The molecule has 5 nitrogen and oxygen atoms in total. The fourth-order valence-corrected chi connectivity index (χ4v) is 2.24. The number of alkyl halides is 2. The summed E-state index contributed by atoms with van der Waals surface area (Å²) in [6.45, 7) is 0.668. The van der Waals surface area contributed by atoms with Crippen LogP contribution in [-0.4, -0.2) is 35.4 Å². The second-order valence-electron chi connectivity index (χ2n) is 5.00. The lowest BCUT2D eigenvalue weighted by molar-refractivity contribution is -0.140. The van der Waals surface area contributed by atoms with Gasteiger partial charge >= 0.3 is 6.61 Å². The summed E-state index contributed by atoms with van der Waals surface area (Å²) in [6, 6.07) is 4.98. The van der Waals surface area contributed by atoms with Gasteiger partial charge in [-0.3, -0.25) is 14.5 Å². The Kier molecular flexibility index (Phi) is 4.40. The Morgan fingerprint density at radius 3 is 2.33 bits per heavy atom. The molecule has 2 rings (SSSR count). The molecule has 0 aliphatic carbocycles. The molecule has 0 spiro atoms. The molecule has 1 aromatic rings. The van der Waals surface area contributed by atoms with Crippen molar-refractivity contribution in [2.75, 3.05) is 5.32 Å². The van der Waals surface area contributed by atoms with E-state index in [9.17, 15) is 18.4 Å². The van der Waals surface area contributed by atoms with Crippen LogP contribution in [0.25, 0.3) is 0 Å². The van der Waals surface area contributed by atoms with Crippen molar-refractivity contribution in [3.8, 4) is 5.75 Å². The summed E-state index contributed by atoms with van der Waals surface area (Å²) in [6.07, 6.45) is 0.0896. The van der Waals surface area contributed by atoms with Crippen LogP contribution < -0.4 is 10.1 Å². The summed E-state index contributed by atoms with van der Waals surface area (Å²) < 4.78 is 28.3.